The third-order valence-corrected chi connectivity index (χ3v) is 2.88. The molecule has 1 aromatic carbocycles. The van der Waals surface area contributed by atoms with Gasteiger partial charge in [-0.05, 0) is 40.9 Å². The fourth-order valence-corrected chi connectivity index (χ4v) is 1.77. The molecule has 6 heteroatoms. The lowest BCUT2D eigenvalue weighted by Crippen LogP contribution is -2.25. The Morgan fingerprint density at radius 3 is 2.60 bits per heavy atom. The summed E-state index contributed by atoms with van der Waals surface area (Å²) in [6.45, 7) is 1.61. The number of nitrogens with zero attached hydrogens (tertiary/aromatic N) is 2. The number of hydrogen-bond donors (Lipinski definition) is 0. The number of rotatable bonds is 2. The lowest BCUT2D eigenvalue weighted by atomic mass is 10.4. The van der Waals surface area contributed by atoms with E-state index in [2.05, 4.69) is 9.79 Å². The lowest BCUT2D eigenvalue weighted by Gasteiger charge is -1.94. The van der Waals surface area contributed by atoms with E-state index in [4.69, 9.17) is 0 Å². The summed E-state index contributed by atoms with van der Waals surface area (Å²) in [4.78, 5) is 1.14. The van der Waals surface area contributed by atoms with Gasteiger partial charge in [-0.1, -0.05) is 0 Å². The molecular weight excluding hydrogens is 219 g/mol. The molecule has 0 saturated carbocycles. The number of hydrogen-bond acceptors (Lipinski definition) is 4. The summed E-state index contributed by atoms with van der Waals surface area (Å²) in [5.74, 6) is -0.296. The van der Waals surface area contributed by atoms with Gasteiger partial charge in [-0.25, -0.2) is 4.39 Å². The van der Waals surface area contributed by atoms with Gasteiger partial charge in [0.1, 0.15) is 5.82 Å². The SMILES string of the molecule is Cc1c(Sc2ccc(F)cc2)no[n+]1[O-]. The van der Waals surface area contributed by atoms with E-state index in [0.29, 0.717) is 15.6 Å². The van der Waals surface area contributed by atoms with Gasteiger partial charge in [0.05, 0.1) is 5.16 Å². The molecule has 0 aliphatic carbocycles. The van der Waals surface area contributed by atoms with E-state index < -0.39 is 0 Å². The molecule has 1 heterocycles. The molecule has 0 fully saturated rings. The minimum absolute atomic E-state index is 0.296. The number of benzene rings is 1. The first-order valence-corrected chi connectivity index (χ1v) is 4.98. The maximum Gasteiger partial charge on any atom is 0.282 e. The predicted molar refractivity (Wildman–Crippen MR) is 50.7 cm³/mol. The largest absolute Gasteiger partial charge is 0.359 e. The molecule has 0 radical (unpaired) electrons. The summed E-state index contributed by atoms with van der Waals surface area (Å²) in [6, 6.07) is 5.93. The van der Waals surface area contributed by atoms with Crippen LogP contribution in [-0.2, 0) is 0 Å². The van der Waals surface area contributed by atoms with Crippen LogP contribution in [0.1, 0.15) is 5.69 Å². The number of aromatic nitrogens is 2. The summed E-state index contributed by atoms with van der Waals surface area (Å²) in [5.41, 5.74) is 0.393. The van der Waals surface area contributed by atoms with Crippen LogP contribution in [-0.4, -0.2) is 5.16 Å². The van der Waals surface area contributed by atoms with Crippen LogP contribution in [0, 0.1) is 17.9 Å². The van der Waals surface area contributed by atoms with E-state index in [1.54, 1.807) is 19.1 Å². The second kappa shape index (κ2) is 3.90. The highest BCUT2D eigenvalue weighted by Crippen LogP contribution is 2.27. The van der Waals surface area contributed by atoms with Crippen molar-refractivity contribution in [3.05, 3.63) is 41.0 Å². The summed E-state index contributed by atoms with van der Waals surface area (Å²) < 4.78 is 17.0. The molecule has 78 valence electrons. The first-order chi connectivity index (χ1) is 7.16. The van der Waals surface area contributed by atoms with Crippen LogP contribution in [0.2, 0.25) is 0 Å². The van der Waals surface area contributed by atoms with Gasteiger partial charge in [-0.15, -0.1) is 0 Å². The average molecular weight is 226 g/mol. The predicted octanol–water partition coefficient (Wildman–Crippen LogP) is 1.91. The van der Waals surface area contributed by atoms with Gasteiger partial charge in [0.25, 0.3) is 5.03 Å². The van der Waals surface area contributed by atoms with Crippen molar-refractivity contribution in [3.63, 3.8) is 0 Å². The highest BCUT2D eigenvalue weighted by Gasteiger charge is 2.15. The van der Waals surface area contributed by atoms with Gasteiger partial charge in [0.2, 0.25) is 5.69 Å². The Morgan fingerprint density at radius 1 is 1.40 bits per heavy atom. The maximum absolute atomic E-state index is 12.6. The second-order valence-corrected chi connectivity index (χ2v) is 3.94. The molecule has 4 nitrogen and oxygen atoms in total. The van der Waals surface area contributed by atoms with E-state index in [9.17, 15) is 9.60 Å². The zero-order valence-electron chi connectivity index (χ0n) is 7.81. The third-order valence-electron chi connectivity index (χ3n) is 1.81. The molecule has 0 saturated heterocycles. The van der Waals surface area contributed by atoms with Crippen LogP contribution in [0.25, 0.3) is 0 Å². The third kappa shape index (κ3) is 2.10. The minimum atomic E-state index is -0.296. The molecular formula is C9H7FN2O2S. The standard InChI is InChI=1S/C9H7FN2O2S/c1-6-9(11-14-12(6)13)15-8-4-2-7(10)3-5-8/h2-5H,1H3. The van der Waals surface area contributed by atoms with Gasteiger partial charge in [-0.3, -0.25) is 4.63 Å². The summed E-state index contributed by atoms with van der Waals surface area (Å²) in [5, 5.41) is 15.0. The van der Waals surface area contributed by atoms with Crippen molar-refractivity contribution in [2.24, 2.45) is 0 Å². The number of halogens is 1. The normalized spacial score (nSPS) is 10.5. The van der Waals surface area contributed by atoms with Gasteiger partial charge < -0.3 is 5.21 Å². The van der Waals surface area contributed by atoms with E-state index in [1.165, 1.54) is 23.9 Å². The van der Waals surface area contributed by atoms with Crippen LogP contribution in [0.5, 0.6) is 0 Å². The van der Waals surface area contributed by atoms with Crippen LogP contribution >= 0.6 is 11.8 Å². The zero-order valence-corrected chi connectivity index (χ0v) is 8.62. The van der Waals surface area contributed by atoms with Crippen molar-refractivity contribution < 1.29 is 13.9 Å². The molecule has 0 aliphatic rings. The van der Waals surface area contributed by atoms with E-state index in [-0.39, 0.29) is 5.82 Å². The van der Waals surface area contributed by atoms with E-state index >= 15 is 0 Å². The maximum atomic E-state index is 12.6. The molecule has 0 aliphatic heterocycles. The Morgan fingerprint density at radius 2 is 2.07 bits per heavy atom. The van der Waals surface area contributed by atoms with Crippen molar-refractivity contribution in [3.8, 4) is 0 Å². The summed E-state index contributed by atoms with van der Waals surface area (Å²) in [7, 11) is 0. The smallest absolute Gasteiger partial charge is 0.282 e. The minimum Gasteiger partial charge on any atom is -0.359 e. The van der Waals surface area contributed by atoms with Crippen molar-refractivity contribution >= 4 is 11.8 Å². The summed E-state index contributed by atoms with van der Waals surface area (Å²) >= 11 is 1.25. The molecule has 0 amide bonds. The van der Waals surface area contributed by atoms with Crippen molar-refractivity contribution in [2.75, 3.05) is 0 Å². The highest BCUT2D eigenvalue weighted by molar-refractivity contribution is 7.99. The van der Waals surface area contributed by atoms with Crippen molar-refractivity contribution in [1.29, 1.82) is 0 Å². The Balaban J connectivity index is 2.22. The first-order valence-electron chi connectivity index (χ1n) is 4.16. The fourth-order valence-electron chi connectivity index (χ4n) is 0.986. The van der Waals surface area contributed by atoms with Gasteiger partial charge in [0, 0.05) is 11.8 Å². The Hall–Kier alpha value is -1.56. The molecule has 0 unspecified atom stereocenters. The molecule has 0 bridgehead atoms. The second-order valence-electron chi connectivity index (χ2n) is 2.88. The molecule has 0 spiro atoms. The molecule has 0 atom stereocenters. The highest BCUT2D eigenvalue weighted by atomic mass is 32.2. The molecule has 2 aromatic rings. The quantitative estimate of drug-likeness (QED) is 0.734. The van der Waals surface area contributed by atoms with Crippen LogP contribution < -0.4 is 4.90 Å². The van der Waals surface area contributed by atoms with Gasteiger partial charge >= 0.3 is 0 Å². The topological polar surface area (TPSA) is 53.0 Å². The average Bonchev–Trinajstić information content (AvgIpc) is 2.53. The fraction of sp³-hybridized carbons (Fsp3) is 0.111. The zero-order chi connectivity index (χ0) is 10.8. The van der Waals surface area contributed by atoms with Crippen LogP contribution in [0.3, 0.4) is 0 Å². The monoisotopic (exact) mass is 226 g/mol. The van der Waals surface area contributed by atoms with Crippen molar-refractivity contribution in [1.82, 2.24) is 5.16 Å². The molecule has 0 N–H and O–H groups in total. The molecule has 1 aromatic heterocycles. The molecule has 2 rings (SSSR count). The van der Waals surface area contributed by atoms with Gasteiger partial charge in [0.15, 0.2) is 0 Å². The Bertz CT molecular complexity index is 469. The van der Waals surface area contributed by atoms with Crippen LogP contribution in [0.4, 0.5) is 4.39 Å². The molecule has 15 heavy (non-hydrogen) atoms. The Kier molecular flexibility index (Phi) is 2.59. The first kappa shape index (κ1) is 9.97. The van der Waals surface area contributed by atoms with Gasteiger partial charge in [-0.2, -0.15) is 0 Å². The lowest BCUT2D eigenvalue weighted by molar-refractivity contribution is -0.807. The van der Waals surface area contributed by atoms with E-state index in [1.807, 2.05) is 0 Å². The van der Waals surface area contributed by atoms with E-state index in [0.717, 1.165) is 4.90 Å². The summed E-state index contributed by atoms with van der Waals surface area (Å²) in [6.07, 6.45) is 0. The van der Waals surface area contributed by atoms with Crippen molar-refractivity contribution in [2.45, 2.75) is 16.8 Å². The van der Waals surface area contributed by atoms with Crippen LogP contribution in [0.15, 0.2) is 38.8 Å². The Labute approximate surface area is 89.2 Å².